The molecule has 0 aliphatic carbocycles. The number of carbonyl (C=O) groups is 1. The maximum Gasteiger partial charge on any atom is 0.338 e. The van der Waals surface area contributed by atoms with Gasteiger partial charge in [-0.15, -0.1) is 0 Å². The van der Waals surface area contributed by atoms with E-state index in [1.54, 1.807) is 64.5 Å². The van der Waals surface area contributed by atoms with Gasteiger partial charge in [0.05, 0.1) is 43.2 Å². The van der Waals surface area contributed by atoms with Crippen molar-refractivity contribution in [3.05, 3.63) is 83.5 Å². The molecule has 10 heteroatoms. The van der Waals surface area contributed by atoms with Gasteiger partial charge in [0.1, 0.15) is 11.8 Å². The van der Waals surface area contributed by atoms with Crippen LogP contribution in [0.4, 0.5) is 0 Å². The fraction of sp³-hybridized carbons (Fsp3) is 0.296. The Kier molecular flexibility index (Phi) is 8.04. The number of para-hydroxylation sites is 1. The maximum absolute atomic E-state index is 13.9. The zero-order valence-corrected chi connectivity index (χ0v) is 22.7. The van der Waals surface area contributed by atoms with Crippen molar-refractivity contribution < 1.29 is 23.7 Å². The minimum atomic E-state index is -0.838. The summed E-state index contributed by atoms with van der Waals surface area (Å²) in [7, 11) is 3.09. The Bertz CT molecular complexity index is 1560. The lowest BCUT2D eigenvalue weighted by Gasteiger charge is -2.26. The smallest absolute Gasteiger partial charge is 0.338 e. The number of fused-ring (bicyclic) bond motifs is 1. The Morgan fingerprint density at radius 2 is 1.89 bits per heavy atom. The van der Waals surface area contributed by atoms with Crippen molar-refractivity contribution in [1.82, 2.24) is 4.57 Å². The molecule has 194 valence electrons. The van der Waals surface area contributed by atoms with E-state index in [0.29, 0.717) is 55.0 Å². The van der Waals surface area contributed by atoms with Crippen molar-refractivity contribution in [3.63, 3.8) is 0 Å². The van der Waals surface area contributed by atoms with Crippen molar-refractivity contribution in [3.8, 4) is 17.2 Å². The molecule has 2 aromatic carbocycles. The number of thiazole rings is 1. The summed E-state index contributed by atoms with van der Waals surface area (Å²) in [5.74, 6) is 0.953. The molecule has 0 N–H and O–H groups in total. The van der Waals surface area contributed by atoms with Crippen LogP contribution in [-0.2, 0) is 9.53 Å². The third-order valence-electron chi connectivity index (χ3n) is 5.81. The Balaban J connectivity index is 2.04. The fourth-order valence-corrected chi connectivity index (χ4v) is 5.47. The van der Waals surface area contributed by atoms with E-state index in [9.17, 15) is 9.59 Å². The quantitative estimate of drug-likeness (QED) is 0.402. The lowest BCUT2D eigenvalue weighted by molar-refractivity contribution is -0.139. The second-order valence-corrected chi connectivity index (χ2v) is 9.45. The van der Waals surface area contributed by atoms with Crippen LogP contribution in [0, 0.1) is 0 Å². The van der Waals surface area contributed by atoms with Crippen LogP contribution in [0.3, 0.4) is 0 Å². The summed E-state index contributed by atoms with van der Waals surface area (Å²) in [5, 5.41) is 0.510. The molecule has 4 rings (SSSR count). The zero-order chi connectivity index (χ0) is 26.7. The molecule has 0 radical (unpaired) electrons. The lowest BCUT2D eigenvalue weighted by Crippen LogP contribution is -2.40. The summed E-state index contributed by atoms with van der Waals surface area (Å²) in [6.45, 7) is 5.86. The van der Waals surface area contributed by atoms with Gasteiger partial charge in [0.2, 0.25) is 0 Å². The summed E-state index contributed by atoms with van der Waals surface area (Å²) in [5.41, 5.74) is 1.63. The molecular formula is C27H27ClN2O6S. The first-order chi connectivity index (χ1) is 17.8. The molecule has 1 atom stereocenters. The monoisotopic (exact) mass is 542 g/mol. The minimum absolute atomic E-state index is 0.178. The Hall–Kier alpha value is -3.56. The number of hydrogen-bond acceptors (Lipinski definition) is 8. The number of esters is 1. The molecule has 0 saturated carbocycles. The Morgan fingerprint density at radius 3 is 2.57 bits per heavy atom. The molecule has 0 amide bonds. The Labute approximate surface area is 223 Å². The summed E-state index contributed by atoms with van der Waals surface area (Å²) in [6.07, 6.45) is 1.71. The molecule has 8 nitrogen and oxygen atoms in total. The molecule has 0 spiro atoms. The van der Waals surface area contributed by atoms with Crippen LogP contribution in [0.1, 0.15) is 37.9 Å². The van der Waals surface area contributed by atoms with Gasteiger partial charge in [0.15, 0.2) is 16.3 Å². The Morgan fingerprint density at radius 1 is 1.14 bits per heavy atom. The van der Waals surface area contributed by atoms with Crippen molar-refractivity contribution in [1.29, 1.82) is 0 Å². The van der Waals surface area contributed by atoms with Gasteiger partial charge in [-0.1, -0.05) is 35.1 Å². The average molecular weight is 543 g/mol. The fourth-order valence-electron chi connectivity index (χ4n) is 4.25. The van der Waals surface area contributed by atoms with Gasteiger partial charge in [0.25, 0.3) is 5.56 Å². The van der Waals surface area contributed by atoms with E-state index < -0.39 is 12.0 Å². The van der Waals surface area contributed by atoms with Gasteiger partial charge >= 0.3 is 5.97 Å². The number of rotatable bonds is 8. The molecule has 0 saturated heterocycles. The van der Waals surface area contributed by atoms with E-state index in [0.717, 1.165) is 0 Å². The van der Waals surface area contributed by atoms with Crippen molar-refractivity contribution in [2.45, 2.75) is 26.8 Å². The molecule has 1 aliphatic heterocycles. The third-order valence-corrected chi connectivity index (χ3v) is 7.03. The predicted molar refractivity (Wildman–Crippen MR) is 143 cm³/mol. The number of aromatic nitrogens is 1. The summed E-state index contributed by atoms with van der Waals surface area (Å²) in [4.78, 5) is 32.2. The van der Waals surface area contributed by atoms with Gasteiger partial charge in [0, 0.05) is 16.1 Å². The second kappa shape index (κ2) is 11.2. The van der Waals surface area contributed by atoms with E-state index in [4.69, 9.17) is 30.5 Å². The first-order valence-corrected chi connectivity index (χ1v) is 12.9. The van der Waals surface area contributed by atoms with Crippen molar-refractivity contribution in [2.75, 3.05) is 27.4 Å². The molecular weight excluding hydrogens is 516 g/mol. The van der Waals surface area contributed by atoms with Crippen LogP contribution in [0.5, 0.6) is 17.2 Å². The number of nitrogens with zero attached hydrogens (tertiary/aromatic N) is 2. The van der Waals surface area contributed by atoms with Gasteiger partial charge in [-0.05, 0) is 51.1 Å². The standard InChI is InChI=1S/C27H27ClN2O6S/c1-6-35-24-18(9-8-10-20(24)34-5)23-22(26(32)36-7-2)15(3)29-27-30(23)25(31)21(37-27)14-16-13-17(28)11-12-19(16)33-4/h8-14,23H,6-7H2,1-5H3/b21-14+/t23-/m0/s1. The van der Waals surface area contributed by atoms with E-state index in [1.165, 1.54) is 15.9 Å². The number of allylic oxidation sites excluding steroid dienone is 1. The van der Waals surface area contributed by atoms with E-state index >= 15 is 0 Å². The largest absolute Gasteiger partial charge is 0.496 e. The molecule has 2 heterocycles. The number of benzene rings is 2. The molecule has 1 aliphatic rings. The lowest BCUT2D eigenvalue weighted by atomic mass is 9.94. The van der Waals surface area contributed by atoms with Gasteiger partial charge in [-0.3, -0.25) is 9.36 Å². The SMILES string of the molecule is CCOC(=O)C1=C(C)N=c2s/c(=C/c3cc(Cl)ccc3OC)c(=O)n2[C@H]1c1cccc(OC)c1OCC. The molecule has 3 aromatic rings. The normalized spacial score (nSPS) is 15.2. The van der Waals surface area contributed by atoms with Crippen LogP contribution in [0.15, 0.2) is 57.5 Å². The average Bonchev–Trinajstić information content (AvgIpc) is 3.18. The van der Waals surface area contributed by atoms with Crippen LogP contribution in [0.2, 0.25) is 5.02 Å². The number of halogens is 1. The first-order valence-electron chi connectivity index (χ1n) is 11.7. The van der Waals surface area contributed by atoms with Crippen LogP contribution in [-0.4, -0.2) is 38.0 Å². The van der Waals surface area contributed by atoms with Crippen molar-refractivity contribution in [2.24, 2.45) is 4.99 Å². The van der Waals surface area contributed by atoms with Crippen LogP contribution in [0.25, 0.3) is 6.08 Å². The summed E-state index contributed by atoms with van der Waals surface area (Å²) < 4.78 is 24.2. The highest BCUT2D eigenvalue weighted by atomic mass is 35.5. The number of ether oxygens (including phenoxy) is 4. The second-order valence-electron chi connectivity index (χ2n) is 8.00. The first kappa shape index (κ1) is 26.5. The number of methoxy groups -OCH3 is 2. The van der Waals surface area contributed by atoms with E-state index in [-0.39, 0.29) is 17.7 Å². The highest BCUT2D eigenvalue weighted by Gasteiger charge is 2.36. The van der Waals surface area contributed by atoms with Gasteiger partial charge < -0.3 is 18.9 Å². The third kappa shape index (κ3) is 5.01. The highest BCUT2D eigenvalue weighted by molar-refractivity contribution is 7.07. The minimum Gasteiger partial charge on any atom is -0.496 e. The molecule has 1 aromatic heterocycles. The zero-order valence-electron chi connectivity index (χ0n) is 21.2. The van der Waals surface area contributed by atoms with Crippen LogP contribution < -0.4 is 29.1 Å². The molecule has 0 bridgehead atoms. The van der Waals surface area contributed by atoms with Gasteiger partial charge in [-0.25, -0.2) is 9.79 Å². The highest BCUT2D eigenvalue weighted by Crippen LogP contribution is 2.40. The van der Waals surface area contributed by atoms with E-state index in [2.05, 4.69) is 4.99 Å². The molecule has 37 heavy (non-hydrogen) atoms. The topological polar surface area (TPSA) is 88.4 Å². The number of hydrogen-bond donors (Lipinski definition) is 0. The van der Waals surface area contributed by atoms with Gasteiger partial charge in [-0.2, -0.15) is 0 Å². The molecule has 0 unspecified atom stereocenters. The predicted octanol–water partition coefficient (Wildman–Crippen LogP) is 3.87. The van der Waals surface area contributed by atoms with Crippen molar-refractivity contribution >= 4 is 35.0 Å². The summed E-state index contributed by atoms with van der Waals surface area (Å²) >= 11 is 7.42. The summed E-state index contributed by atoms with van der Waals surface area (Å²) in [6, 6.07) is 9.71. The van der Waals surface area contributed by atoms with Crippen LogP contribution >= 0.6 is 22.9 Å². The van der Waals surface area contributed by atoms with E-state index in [1.807, 2.05) is 13.0 Å². The number of carbonyl (C=O) groups excluding carboxylic acids is 1. The maximum atomic E-state index is 13.9. The molecule has 0 fully saturated rings.